The molecule has 4 heteroatoms. The van der Waals surface area contributed by atoms with E-state index in [-0.39, 0.29) is 0 Å². The van der Waals surface area contributed by atoms with E-state index in [1.54, 1.807) is 0 Å². The highest BCUT2D eigenvalue weighted by molar-refractivity contribution is 6.04. The third kappa shape index (κ3) is 3.35. The SMILES string of the molecule is CCNC(NCC)N([SiH3])C1CCCC1. The molecule has 0 radical (unpaired) electrons. The second-order valence-electron chi connectivity index (χ2n) is 4.12. The van der Waals surface area contributed by atoms with E-state index in [1.807, 2.05) is 0 Å². The van der Waals surface area contributed by atoms with Gasteiger partial charge in [0.05, 0.1) is 10.4 Å². The number of hydrogen-bond donors (Lipinski definition) is 2. The van der Waals surface area contributed by atoms with E-state index in [4.69, 9.17) is 0 Å². The first-order chi connectivity index (χ1) is 6.79. The minimum absolute atomic E-state index is 0.416. The van der Waals surface area contributed by atoms with Crippen LogP contribution >= 0.6 is 0 Å². The van der Waals surface area contributed by atoms with Crippen molar-refractivity contribution in [3.05, 3.63) is 0 Å². The first-order valence-corrected chi connectivity index (χ1v) is 6.87. The van der Waals surface area contributed by atoms with Crippen LogP contribution in [0.1, 0.15) is 39.5 Å². The summed E-state index contributed by atoms with van der Waals surface area (Å²) in [6, 6.07) is 0.838. The summed E-state index contributed by atoms with van der Waals surface area (Å²) >= 11 is 0. The molecule has 1 aliphatic carbocycles. The summed E-state index contributed by atoms with van der Waals surface area (Å²) in [7, 11) is 1.15. The van der Waals surface area contributed by atoms with E-state index in [9.17, 15) is 0 Å². The molecule has 14 heavy (non-hydrogen) atoms. The quantitative estimate of drug-likeness (QED) is 0.483. The fourth-order valence-corrected chi connectivity index (χ4v) is 3.15. The topological polar surface area (TPSA) is 27.3 Å². The van der Waals surface area contributed by atoms with Gasteiger partial charge in [-0.15, -0.1) is 0 Å². The summed E-state index contributed by atoms with van der Waals surface area (Å²) in [5, 5.41) is 7.02. The lowest BCUT2D eigenvalue weighted by atomic mass is 10.2. The fourth-order valence-electron chi connectivity index (χ4n) is 2.27. The molecule has 0 aromatic carbocycles. The van der Waals surface area contributed by atoms with Crippen molar-refractivity contribution < 1.29 is 0 Å². The molecule has 0 unspecified atom stereocenters. The van der Waals surface area contributed by atoms with E-state index in [0.29, 0.717) is 6.29 Å². The van der Waals surface area contributed by atoms with Gasteiger partial charge >= 0.3 is 0 Å². The van der Waals surface area contributed by atoms with Gasteiger partial charge in [0.15, 0.2) is 0 Å². The Morgan fingerprint density at radius 1 is 1.21 bits per heavy atom. The first-order valence-electron chi connectivity index (χ1n) is 5.98. The van der Waals surface area contributed by atoms with Crippen LogP contribution in [-0.4, -0.2) is 40.4 Å². The molecule has 1 rings (SSSR count). The number of rotatable bonds is 6. The van der Waals surface area contributed by atoms with Gasteiger partial charge in [-0.3, -0.25) is 10.6 Å². The van der Waals surface area contributed by atoms with Gasteiger partial charge in [-0.1, -0.05) is 26.7 Å². The summed E-state index contributed by atoms with van der Waals surface area (Å²) in [5.41, 5.74) is 0. The maximum absolute atomic E-state index is 3.51. The zero-order valence-corrected chi connectivity index (χ0v) is 11.8. The van der Waals surface area contributed by atoms with Crippen molar-refractivity contribution in [2.45, 2.75) is 51.9 Å². The van der Waals surface area contributed by atoms with Gasteiger partial charge in [0, 0.05) is 6.04 Å². The molecule has 0 bridgehead atoms. The average Bonchev–Trinajstić information content (AvgIpc) is 2.69. The molecule has 0 aliphatic heterocycles. The monoisotopic (exact) mass is 215 g/mol. The summed E-state index contributed by atoms with van der Waals surface area (Å²) in [6.45, 7) is 6.44. The highest BCUT2D eigenvalue weighted by Crippen LogP contribution is 2.22. The normalized spacial score (nSPS) is 18.9. The van der Waals surface area contributed by atoms with Crippen molar-refractivity contribution in [2.24, 2.45) is 0 Å². The number of nitrogens with one attached hydrogen (secondary N) is 2. The standard InChI is InChI=1S/C10H25N3Si/c1-3-11-10(12-4-2)13(14)9-7-5-6-8-9/h9-12H,3-8H2,1-2,14H3. The average molecular weight is 215 g/mol. The van der Waals surface area contributed by atoms with Crippen molar-refractivity contribution in [3.8, 4) is 0 Å². The van der Waals surface area contributed by atoms with Gasteiger partial charge in [0.25, 0.3) is 0 Å². The highest BCUT2D eigenvalue weighted by atomic mass is 28.2. The zero-order chi connectivity index (χ0) is 10.4. The minimum atomic E-state index is 0.416. The van der Waals surface area contributed by atoms with Gasteiger partial charge < -0.3 is 4.57 Å². The van der Waals surface area contributed by atoms with Gasteiger partial charge in [-0.2, -0.15) is 0 Å². The van der Waals surface area contributed by atoms with Crippen LogP contribution < -0.4 is 10.6 Å². The smallest absolute Gasteiger partial charge is 0.107 e. The van der Waals surface area contributed by atoms with Gasteiger partial charge in [-0.25, -0.2) is 0 Å². The van der Waals surface area contributed by atoms with Crippen LogP contribution in [0.15, 0.2) is 0 Å². The molecular formula is C10H25N3Si. The van der Waals surface area contributed by atoms with Crippen LogP contribution in [0.25, 0.3) is 0 Å². The Balaban J connectivity index is 2.39. The van der Waals surface area contributed by atoms with Crippen molar-refractivity contribution in [2.75, 3.05) is 13.1 Å². The summed E-state index contributed by atoms with van der Waals surface area (Å²) in [5.74, 6) is 0. The predicted octanol–water partition coefficient (Wildman–Crippen LogP) is 0.0140. The van der Waals surface area contributed by atoms with Crippen LogP contribution in [0, 0.1) is 0 Å². The van der Waals surface area contributed by atoms with E-state index in [2.05, 4.69) is 29.0 Å². The summed E-state index contributed by atoms with van der Waals surface area (Å²) in [6.07, 6.45) is 6.07. The van der Waals surface area contributed by atoms with Crippen molar-refractivity contribution >= 4 is 10.4 Å². The molecule has 0 heterocycles. The maximum atomic E-state index is 3.51. The molecule has 0 aromatic rings. The van der Waals surface area contributed by atoms with Gasteiger partial charge in [0.2, 0.25) is 0 Å². The summed E-state index contributed by atoms with van der Waals surface area (Å²) in [4.78, 5) is 0. The van der Waals surface area contributed by atoms with E-state index < -0.39 is 0 Å². The Bertz CT molecular complexity index is 142. The van der Waals surface area contributed by atoms with Crippen molar-refractivity contribution in [1.29, 1.82) is 0 Å². The highest BCUT2D eigenvalue weighted by Gasteiger charge is 2.23. The minimum Gasteiger partial charge on any atom is -0.304 e. The van der Waals surface area contributed by atoms with Crippen LogP contribution in [0.3, 0.4) is 0 Å². The Hall–Kier alpha value is 0.0969. The van der Waals surface area contributed by atoms with Gasteiger partial charge in [0.1, 0.15) is 6.29 Å². The van der Waals surface area contributed by atoms with E-state index >= 15 is 0 Å². The van der Waals surface area contributed by atoms with E-state index in [0.717, 1.165) is 29.5 Å². The van der Waals surface area contributed by atoms with E-state index in [1.165, 1.54) is 25.7 Å². The lowest BCUT2D eigenvalue weighted by molar-refractivity contribution is 0.192. The molecule has 84 valence electrons. The van der Waals surface area contributed by atoms with Crippen molar-refractivity contribution in [3.63, 3.8) is 0 Å². The molecule has 1 saturated carbocycles. The Morgan fingerprint density at radius 3 is 2.14 bits per heavy atom. The zero-order valence-electron chi connectivity index (χ0n) is 9.84. The van der Waals surface area contributed by atoms with Crippen LogP contribution in [0.4, 0.5) is 0 Å². The van der Waals surface area contributed by atoms with Crippen molar-refractivity contribution in [1.82, 2.24) is 15.2 Å². The summed E-state index contributed by atoms with van der Waals surface area (Å²) < 4.78 is 2.60. The molecule has 0 spiro atoms. The Kier molecular flexibility index (Phi) is 5.70. The Morgan fingerprint density at radius 2 is 1.71 bits per heavy atom. The largest absolute Gasteiger partial charge is 0.304 e. The van der Waals surface area contributed by atoms with Crippen LogP contribution in [0.5, 0.6) is 0 Å². The lowest BCUT2D eigenvalue weighted by Gasteiger charge is -2.34. The number of nitrogens with zero attached hydrogens (tertiary/aromatic N) is 1. The molecule has 0 atom stereocenters. The number of hydrogen-bond acceptors (Lipinski definition) is 3. The first kappa shape index (κ1) is 12.2. The second-order valence-corrected chi connectivity index (χ2v) is 5.15. The predicted molar refractivity (Wildman–Crippen MR) is 65.2 cm³/mol. The fraction of sp³-hybridized carbons (Fsp3) is 1.00. The third-order valence-electron chi connectivity index (χ3n) is 3.10. The molecule has 1 fully saturated rings. The van der Waals surface area contributed by atoms with Crippen LogP contribution in [0.2, 0.25) is 0 Å². The van der Waals surface area contributed by atoms with Crippen LogP contribution in [-0.2, 0) is 0 Å². The molecule has 0 amide bonds. The third-order valence-corrected chi connectivity index (χ3v) is 4.35. The Labute approximate surface area is 91.1 Å². The molecule has 0 aromatic heterocycles. The molecule has 3 nitrogen and oxygen atoms in total. The molecule has 2 N–H and O–H groups in total. The maximum Gasteiger partial charge on any atom is 0.107 e. The lowest BCUT2D eigenvalue weighted by Crippen LogP contribution is -2.56. The van der Waals surface area contributed by atoms with Gasteiger partial charge in [-0.05, 0) is 25.9 Å². The molecular weight excluding hydrogens is 190 g/mol. The second kappa shape index (κ2) is 6.56. The molecule has 0 saturated heterocycles. The molecule has 1 aliphatic rings.